The van der Waals surface area contributed by atoms with Gasteiger partial charge in [0.1, 0.15) is 12.1 Å². The predicted octanol–water partition coefficient (Wildman–Crippen LogP) is 2.45. The largest absolute Gasteiger partial charge is 0.346 e. The fourth-order valence-electron chi connectivity index (χ4n) is 3.45. The molecule has 0 aliphatic carbocycles. The molecule has 0 amide bonds. The van der Waals surface area contributed by atoms with E-state index in [2.05, 4.69) is 27.0 Å². The minimum absolute atomic E-state index is 0.407. The lowest BCUT2D eigenvalue weighted by molar-refractivity contribution is 0.577. The van der Waals surface area contributed by atoms with E-state index in [0.29, 0.717) is 12.1 Å². The maximum absolute atomic E-state index is 4.70. The first-order chi connectivity index (χ1) is 9.33. The molecule has 2 bridgehead atoms. The van der Waals surface area contributed by atoms with Gasteiger partial charge >= 0.3 is 0 Å². The predicted molar refractivity (Wildman–Crippen MR) is 73.0 cm³/mol. The highest BCUT2D eigenvalue weighted by Crippen LogP contribution is 2.44. The molecule has 4 heteroatoms. The SMILES string of the molecule is Cc1cccc(N2C3CCC2c2cncnc2C3)n1. The molecule has 0 saturated carbocycles. The lowest BCUT2D eigenvalue weighted by Gasteiger charge is -2.36. The zero-order chi connectivity index (χ0) is 12.8. The zero-order valence-corrected chi connectivity index (χ0v) is 11.0. The first kappa shape index (κ1) is 10.9. The minimum atomic E-state index is 0.407. The van der Waals surface area contributed by atoms with Crippen LogP contribution in [0.5, 0.6) is 0 Å². The third kappa shape index (κ3) is 1.63. The normalized spacial score (nSPS) is 24.4. The van der Waals surface area contributed by atoms with E-state index in [1.54, 1.807) is 6.33 Å². The molecule has 4 rings (SSSR count). The Bertz CT molecular complexity index is 625. The van der Waals surface area contributed by atoms with Crippen molar-refractivity contribution >= 4 is 5.82 Å². The van der Waals surface area contributed by atoms with Crippen LogP contribution >= 0.6 is 0 Å². The monoisotopic (exact) mass is 252 g/mol. The van der Waals surface area contributed by atoms with Crippen molar-refractivity contribution in [2.75, 3.05) is 4.90 Å². The van der Waals surface area contributed by atoms with Crippen molar-refractivity contribution in [2.45, 2.75) is 38.3 Å². The topological polar surface area (TPSA) is 41.9 Å². The van der Waals surface area contributed by atoms with E-state index in [1.165, 1.54) is 24.1 Å². The Morgan fingerprint density at radius 1 is 1.26 bits per heavy atom. The average Bonchev–Trinajstić information content (AvgIpc) is 2.74. The summed E-state index contributed by atoms with van der Waals surface area (Å²) in [6.45, 7) is 2.05. The van der Waals surface area contributed by atoms with Gasteiger partial charge in [-0.2, -0.15) is 0 Å². The highest BCUT2D eigenvalue weighted by atomic mass is 15.3. The smallest absolute Gasteiger partial charge is 0.129 e. The molecule has 2 aliphatic heterocycles. The summed E-state index contributed by atoms with van der Waals surface area (Å²) in [6.07, 6.45) is 7.07. The molecular formula is C15H16N4. The number of rotatable bonds is 1. The van der Waals surface area contributed by atoms with Gasteiger partial charge in [0.15, 0.2) is 0 Å². The summed E-state index contributed by atoms with van der Waals surface area (Å²) < 4.78 is 0. The van der Waals surface area contributed by atoms with Gasteiger partial charge in [0.25, 0.3) is 0 Å². The second-order valence-corrected chi connectivity index (χ2v) is 5.42. The lowest BCUT2D eigenvalue weighted by Crippen LogP contribution is -2.38. The third-order valence-corrected chi connectivity index (χ3v) is 4.26. The molecule has 4 heterocycles. The Morgan fingerprint density at radius 2 is 2.21 bits per heavy atom. The van der Waals surface area contributed by atoms with E-state index in [0.717, 1.165) is 17.9 Å². The van der Waals surface area contributed by atoms with Gasteiger partial charge in [-0.05, 0) is 31.9 Å². The standard InChI is InChI=1S/C15H16N4/c1-10-3-2-4-15(18-10)19-11-5-6-14(19)12-8-16-9-17-13(12)7-11/h2-4,8-9,11,14H,5-7H2,1H3. The van der Waals surface area contributed by atoms with Crippen molar-refractivity contribution in [3.8, 4) is 0 Å². The van der Waals surface area contributed by atoms with Crippen LogP contribution in [0.4, 0.5) is 5.82 Å². The molecule has 4 nitrogen and oxygen atoms in total. The average molecular weight is 252 g/mol. The number of anilines is 1. The van der Waals surface area contributed by atoms with Gasteiger partial charge in [-0.3, -0.25) is 0 Å². The van der Waals surface area contributed by atoms with Crippen LogP contribution < -0.4 is 4.90 Å². The highest BCUT2D eigenvalue weighted by molar-refractivity contribution is 5.49. The Kier molecular flexibility index (Phi) is 2.31. The Hall–Kier alpha value is -1.97. The lowest BCUT2D eigenvalue weighted by atomic mass is 9.99. The van der Waals surface area contributed by atoms with Gasteiger partial charge < -0.3 is 4.90 Å². The molecule has 0 spiro atoms. The van der Waals surface area contributed by atoms with Crippen LogP contribution in [0.1, 0.15) is 35.8 Å². The van der Waals surface area contributed by atoms with Crippen molar-refractivity contribution in [2.24, 2.45) is 0 Å². The van der Waals surface area contributed by atoms with Crippen LogP contribution in [-0.2, 0) is 6.42 Å². The van der Waals surface area contributed by atoms with Crippen molar-refractivity contribution in [1.82, 2.24) is 15.0 Å². The summed E-state index contributed by atoms with van der Waals surface area (Å²) in [5.74, 6) is 1.10. The molecule has 2 unspecified atom stereocenters. The summed E-state index contributed by atoms with van der Waals surface area (Å²) in [5, 5.41) is 0. The van der Waals surface area contributed by atoms with Gasteiger partial charge in [-0.15, -0.1) is 0 Å². The second kappa shape index (κ2) is 4.02. The molecule has 2 aromatic rings. The molecule has 2 aromatic heterocycles. The molecule has 1 saturated heterocycles. The number of fused-ring (bicyclic) bond motifs is 4. The number of aromatic nitrogens is 3. The van der Waals surface area contributed by atoms with Crippen LogP contribution in [0.2, 0.25) is 0 Å². The summed E-state index contributed by atoms with van der Waals surface area (Å²) >= 11 is 0. The molecule has 19 heavy (non-hydrogen) atoms. The molecule has 2 atom stereocenters. The first-order valence-electron chi connectivity index (χ1n) is 6.84. The fourth-order valence-corrected chi connectivity index (χ4v) is 3.45. The van der Waals surface area contributed by atoms with Crippen LogP contribution in [0.25, 0.3) is 0 Å². The molecular weight excluding hydrogens is 236 g/mol. The summed E-state index contributed by atoms with van der Waals surface area (Å²) in [4.78, 5) is 15.8. The van der Waals surface area contributed by atoms with Crippen LogP contribution in [-0.4, -0.2) is 21.0 Å². The van der Waals surface area contributed by atoms with Gasteiger partial charge in [-0.25, -0.2) is 15.0 Å². The first-order valence-corrected chi connectivity index (χ1v) is 6.84. The van der Waals surface area contributed by atoms with E-state index >= 15 is 0 Å². The second-order valence-electron chi connectivity index (χ2n) is 5.42. The van der Waals surface area contributed by atoms with Crippen LogP contribution in [0, 0.1) is 6.92 Å². The van der Waals surface area contributed by atoms with E-state index < -0.39 is 0 Å². The number of hydrogen-bond acceptors (Lipinski definition) is 4. The number of nitrogens with zero attached hydrogens (tertiary/aromatic N) is 4. The molecule has 0 N–H and O–H groups in total. The van der Waals surface area contributed by atoms with Crippen LogP contribution in [0.15, 0.2) is 30.7 Å². The van der Waals surface area contributed by atoms with E-state index in [9.17, 15) is 0 Å². The van der Waals surface area contributed by atoms with Gasteiger partial charge in [0.05, 0.1) is 11.7 Å². The van der Waals surface area contributed by atoms with Crippen molar-refractivity contribution in [3.63, 3.8) is 0 Å². The highest BCUT2D eigenvalue weighted by Gasteiger charge is 2.41. The fraction of sp³-hybridized carbons (Fsp3) is 0.400. The maximum atomic E-state index is 4.70. The molecule has 0 aromatic carbocycles. The third-order valence-electron chi connectivity index (χ3n) is 4.26. The molecule has 2 aliphatic rings. The van der Waals surface area contributed by atoms with Gasteiger partial charge in [0, 0.05) is 29.9 Å². The van der Waals surface area contributed by atoms with Gasteiger partial charge in [-0.1, -0.05) is 6.07 Å². The number of aryl methyl sites for hydroxylation is 1. The molecule has 0 radical (unpaired) electrons. The van der Waals surface area contributed by atoms with Crippen molar-refractivity contribution < 1.29 is 0 Å². The van der Waals surface area contributed by atoms with Gasteiger partial charge in [0.2, 0.25) is 0 Å². The Labute approximate surface area is 112 Å². The summed E-state index contributed by atoms with van der Waals surface area (Å²) in [5.41, 5.74) is 3.60. The quantitative estimate of drug-likeness (QED) is 0.781. The minimum Gasteiger partial charge on any atom is -0.346 e. The number of hydrogen-bond donors (Lipinski definition) is 0. The van der Waals surface area contributed by atoms with Crippen molar-refractivity contribution in [3.05, 3.63) is 47.7 Å². The van der Waals surface area contributed by atoms with Crippen molar-refractivity contribution in [1.29, 1.82) is 0 Å². The molecule has 96 valence electrons. The van der Waals surface area contributed by atoms with E-state index in [4.69, 9.17) is 4.98 Å². The number of pyridine rings is 1. The Morgan fingerprint density at radius 3 is 3.11 bits per heavy atom. The van der Waals surface area contributed by atoms with E-state index in [1.807, 2.05) is 19.2 Å². The molecule has 1 fully saturated rings. The van der Waals surface area contributed by atoms with Crippen LogP contribution in [0.3, 0.4) is 0 Å². The maximum Gasteiger partial charge on any atom is 0.129 e. The van der Waals surface area contributed by atoms with E-state index in [-0.39, 0.29) is 0 Å². The zero-order valence-electron chi connectivity index (χ0n) is 11.0. The Balaban J connectivity index is 1.80. The summed E-state index contributed by atoms with van der Waals surface area (Å²) in [6, 6.07) is 7.21. The summed E-state index contributed by atoms with van der Waals surface area (Å²) in [7, 11) is 0.